The van der Waals surface area contributed by atoms with Crippen molar-refractivity contribution in [2.24, 2.45) is 5.92 Å². The molecule has 1 saturated heterocycles. The Labute approximate surface area is 258 Å². The first-order chi connectivity index (χ1) is 21.4. The number of rotatable bonds is 17. The van der Waals surface area contributed by atoms with E-state index in [1.807, 2.05) is 0 Å². The van der Waals surface area contributed by atoms with Crippen molar-refractivity contribution in [1.82, 2.24) is 16.0 Å². The summed E-state index contributed by atoms with van der Waals surface area (Å²) in [7, 11) is 3.13. The van der Waals surface area contributed by atoms with E-state index in [2.05, 4.69) is 16.0 Å². The fraction of sp³-hybridized carbons (Fsp3) is 0.515. The fourth-order valence-corrected chi connectivity index (χ4v) is 5.49. The summed E-state index contributed by atoms with van der Waals surface area (Å²) in [5, 5.41) is 8.62. The predicted molar refractivity (Wildman–Crippen MR) is 164 cm³/mol. The van der Waals surface area contributed by atoms with Gasteiger partial charge >= 0.3 is 0 Å². The molecule has 2 amide bonds. The Bertz CT molecular complexity index is 1200. The van der Waals surface area contributed by atoms with E-state index in [9.17, 15) is 19.2 Å². The van der Waals surface area contributed by atoms with Crippen LogP contribution in [-0.4, -0.2) is 89.7 Å². The van der Waals surface area contributed by atoms with Gasteiger partial charge in [-0.05, 0) is 68.6 Å². The third-order valence-corrected chi connectivity index (χ3v) is 7.97. The molecule has 2 aliphatic rings. The Kier molecular flexibility index (Phi) is 12.7. The molecule has 2 aromatic rings. The highest BCUT2D eigenvalue weighted by Gasteiger charge is 2.24. The van der Waals surface area contributed by atoms with Crippen LogP contribution in [-0.2, 0) is 19.1 Å². The molecule has 1 aliphatic heterocycles. The van der Waals surface area contributed by atoms with E-state index in [4.69, 9.17) is 18.9 Å². The minimum atomic E-state index is -0.393. The van der Waals surface area contributed by atoms with Crippen LogP contribution in [0.15, 0.2) is 36.4 Å². The lowest BCUT2D eigenvalue weighted by molar-refractivity contribution is -0.121. The van der Waals surface area contributed by atoms with Crippen LogP contribution in [0.3, 0.4) is 0 Å². The van der Waals surface area contributed by atoms with Crippen LogP contribution in [0, 0.1) is 5.92 Å². The van der Waals surface area contributed by atoms with Gasteiger partial charge in [-0.1, -0.05) is 12.8 Å². The number of benzene rings is 2. The summed E-state index contributed by atoms with van der Waals surface area (Å²) in [6, 6.07) is 9.84. The highest BCUT2D eigenvalue weighted by Crippen LogP contribution is 2.38. The van der Waals surface area contributed by atoms with E-state index >= 15 is 0 Å². The number of hydrogen-bond acceptors (Lipinski definition) is 9. The second kappa shape index (κ2) is 16.9. The lowest BCUT2D eigenvalue weighted by atomic mass is 9.99. The van der Waals surface area contributed by atoms with Crippen molar-refractivity contribution in [3.8, 4) is 22.6 Å². The molecule has 2 aromatic carbocycles. The summed E-state index contributed by atoms with van der Waals surface area (Å²) in [5.74, 6) is 0.104. The summed E-state index contributed by atoms with van der Waals surface area (Å²) in [6.45, 7) is 1.86. The molecule has 11 nitrogen and oxygen atoms in total. The van der Waals surface area contributed by atoms with Gasteiger partial charge in [0.05, 0.1) is 32.3 Å². The van der Waals surface area contributed by atoms with Crippen molar-refractivity contribution >= 4 is 23.4 Å². The van der Waals surface area contributed by atoms with Gasteiger partial charge < -0.3 is 34.9 Å². The average molecular weight is 610 g/mol. The average Bonchev–Trinajstić information content (AvgIpc) is 3.78. The molecule has 0 bridgehead atoms. The Morgan fingerprint density at radius 3 is 1.70 bits per heavy atom. The molecule has 1 aliphatic carbocycles. The van der Waals surface area contributed by atoms with E-state index in [-0.39, 0.29) is 55.7 Å². The van der Waals surface area contributed by atoms with Gasteiger partial charge in [-0.25, -0.2) is 0 Å². The van der Waals surface area contributed by atoms with Crippen molar-refractivity contribution in [3.05, 3.63) is 47.5 Å². The van der Waals surface area contributed by atoms with Crippen molar-refractivity contribution in [1.29, 1.82) is 0 Å². The first-order valence-corrected chi connectivity index (χ1v) is 15.3. The maximum Gasteiger partial charge on any atom is 0.251 e. The zero-order valence-electron chi connectivity index (χ0n) is 25.6. The lowest BCUT2D eigenvalue weighted by Gasteiger charge is -2.18. The highest BCUT2D eigenvalue weighted by atomic mass is 16.5. The third kappa shape index (κ3) is 9.10. The lowest BCUT2D eigenvalue weighted by Crippen LogP contribution is -2.39. The van der Waals surface area contributed by atoms with Crippen molar-refractivity contribution in [3.63, 3.8) is 0 Å². The first-order valence-electron chi connectivity index (χ1n) is 15.3. The monoisotopic (exact) mass is 609 g/mol. The van der Waals surface area contributed by atoms with Gasteiger partial charge in [0.15, 0.2) is 11.6 Å². The van der Waals surface area contributed by atoms with Gasteiger partial charge in [0.25, 0.3) is 11.8 Å². The van der Waals surface area contributed by atoms with Crippen molar-refractivity contribution < 1.29 is 38.1 Å². The molecular formula is C33H43N3O8. The van der Waals surface area contributed by atoms with Crippen molar-refractivity contribution in [2.75, 3.05) is 60.3 Å². The standard InChI is InChI=1S/C33H43N3O8/c1-41-14-16-43-30-18-23(32(39)35-20-28(37)22-6-3-4-7-22)9-11-25(30)26-12-10-24(19-31(26)44-17-15-42-2)33(40)36-21-29(38)27-8-5-13-34-27/h9-12,18-19,22,27,34H,3-8,13-17,20-21H2,1-2H3,(H,35,39)(H,36,40). The molecule has 4 rings (SSSR count). The summed E-state index contributed by atoms with van der Waals surface area (Å²) < 4.78 is 22.3. The number of hydrogen-bond donors (Lipinski definition) is 3. The van der Waals surface area contributed by atoms with E-state index in [0.29, 0.717) is 47.0 Å². The summed E-state index contributed by atoms with van der Waals surface area (Å²) in [6.07, 6.45) is 5.58. The predicted octanol–water partition coefficient (Wildman–Crippen LogP) is 2.94. The second-order valence-electron chi connectivity index (χ2n) is 11.0. The second-order valence-corrected chi connectivity index (χ2v) is 11.0. The van der Waals surface area contributed by atoms with Crippen molar-refractivity contribution in [2.45, 2.75) is 44.6 Å². The van der Waals surface area contributed by atoms with Crippen LogP contribution >= 0.6 is 0 Å². The Morgan fingerprint density at radius 2 is 1.23 bits per heavy atom. The Morgan fingerprint density at radius 1 is 0.705 bits per heavy atom. The quantitative estimate of drug-likeness (QED) is 0.231. The molecule has 3 N–H and O–H groups in total. The number of carbonyl (C=O) groups excluding carboxylic acids is 4. The van der Waals surface area contributed by atoms with E-state index in [0.717, 1.165) is 45.1 Å². The Balaban J connectivity index is 1.55. The van der Waals surface area contributed by atoms with E-state index in [1.54, 1.807) is 50.6 Å². The fourth-order valence-electron chi connectivity index (χ4n) is 5.49. The largest absolute Gasteiger partial charge is 0.491 e. The molecular weight excluding hydrogens is 566 g/mol. The summed E-state index contributed by atoms with van der Waals surface area (Å²) in [4.78, 5) is 50.9. The third-order valence-electron chi connectivity index (χ3n) is 7.97. The minimum Gasteiger partial charge on any atom is -0.491 e. The molecule has 2 fully saturated rings. The Hall–Kier alpha value is -3.80. The molecule has 238 valence electrons. The maximum atomic E-state index is 13.0. The summed E-state index contributed by atoms with van der Waals surface area (Å²) >= 11 is 0. The normalized spacial score (nSPS) is 16.5. The molecule has 0 spiro atoms. The van der Waals surface area contributed by atoms with Gasteiger partial charge in [0.1, 0.15) is 24.7 Å². The first kappa shape index (κ1) is 33.1. The van der Waals surface area contributed by atoms with E-state index in [1.165, 1.54) is 0 Å². The van der Waals surface area contributed by atoms with Gasteiger partial charge in [0.2, 0.25) is 0 Å². The van der Waals surface area contributed by atoms with Gasteiger partial charge in [-0.2, -0.15) is 0 Å². The molecule has 1 saturated carbocycles. The zero-order valence-corrected chi connectivity index (χ0v) is 25.6. The highest BCUT2D eigenvalue weighted by molar-refractivity contribution is 6.00. The van der Waals surface area contributed by atoms with Crippen LogP contribution in [0.2, 0.25) is 0 Å². The number of ketones is 2. The molecule has 0 aromatic heterocycles. The van der Waals surface area contributed by atoms with Crippen LogP contribution in [0.5, 0.6) is 11.5 Å². The molecule has 11 heteroatoms. The van der Waals surface area contributed by atoms with Gasteiger partial charge in [-0.15, -0.1) is 0 Å². The molecule has 0 radical (unpaired) electrons. The number of methoxy groups -OCH3 is 2. The van der Waals surface area contributed by atoms with Crippen LogP contribution in [0.4, 0.5) is 0 Å². The zero-order chi connectivity index (χ0) is 31.3. The molecule has 1 heterocycles. The molecule has 1 unspecified atom stereocenters. The smallest absolute Gasteiger partial charge is 0.251 e. The van der Waals surface area contributed by atoms with Crippen LogP contribution in [0.25, 0.3) is 11.1 Å². The van der Waals surface area contributed by atoms with Gasteiger partial charge in [-0.3, -0.25) is 19.2 Å². The SMILES string of the molecule is COCCOc1cc(C(=O)NCC(=O)C2CCCC2)ccc1-c1ccc(C(=O)NCC(=O)C2CCCN2)cc1OCCOC. The number of Topliss-reactive ketones (excluding diaryl/α,β-unsaturated/α-hetero) is 2. The maximum absolute atomic E-state index is 13.0. The van der Waals surface area contributed by atoms with Gasteiger partial charge in [0, 0.05) is 42.4 Å². The molecule has 44 heavy (non-hydrogen) atoms. The molecule has 1 atom stereocenters. The minimum absolute atomic E-state index is 0.00506. The topological polar surface area (TPSA) is 141 Å². The summed E-state index contributed by atoms with van der Waals surface area (Å²) in [5.41, 5.74) is 1.96. The number of ether oxygens (including phenoxy) is 4. The van der Waals surface area contributed by atoms with Crippen LogP contribution in [0.1, 0.15) is 59.2 Å². The number of carbonyl (C=O) groups is 4. The van der Waals surface area contributed by atoms with E-state index < -0.39 is 5.91 Å². The van der Waals surface area contributed by atoms with Crippen LogP contribution < -0.4 is 25.4 Å². The number of nitrogens with one attached hydrogen (secondary N) is 3. The number of amides is 2.